The van der Waals surface area contributed by atoms with Crippen LogP contribution in [0.3, 0.4) is 0 Å². The lowest BCUT2D eigenvalue weighted by Gasteiger charge is -2.05. The Labute approximate surface area is 152 Å². The van der Waals surface area contributed by atoms with Crippen molar-refractivity contribution in [1.82, 2.24) is 4.57 Å². The molecular formula is C16H12Cl3N3S. The summed E-state index contributed by atoms with van der Waals surface area (Å²) in [5.41, 5.74) is 2.51. The Morgan fingerprint density at radius 2 is 1.78 bits per heavy atom. The molecule has 0 fully saturated rings. The molecule has 1 aromatic heterocycles. The summed E-state index contributed by atoms with van der Waals surface area (Å²) in [5.74, 6) is 0. The molecule has 0 unspecified atom stereocenters. The lowest BCUT2D eigenvalue weighted by atomic mass is 10.1. The van der Waals surface area contributed by atoms with Crippen LogP contribution in [-0.2, 0) is 7.05 Å². The normalized spacial score (nSPS) is 13.1. The van der Waals surface area contributed by atoms with Crippen molar-refractivity contribution in [1.29, 1.82) is 0 Å². The maximum absolute atomic E-state index is 6.23. The lowest BCUT2D eigenvalue weighted by molar-refractivity contribution is 0.888. The molecular weight excluding hydrogens is 373 g/mol. The molecule has 2 aromatic carbocycles. The van der Waals surface area contributed by atoms with E-state index in [0.29, 0.717) is 26.3 Å². The van der Waals surface area contributed by atoms with Crippen LogP contribution in [0.1, 0.15) is 12.5 Å². The summed E-state index contributed by atoms with van der Waals surface area (Å²) in [6, 6.07) is 11.6. The average molecular weight is 385 g/mol. The standard InChI is InChI=1S/C16H12Cl3N3S/c1-9(10-7-8-11(17)15(19)14(10)18)20-21-16-22(2)12-5-3-4-6-13(12)23-16/h3-8H,1-2H3/b20-9+,21-16-. The molecule has 0 aliphatic carbocycles. The van der Waals surface area contributed by atoms with Crippen molar-refractivity contribution in [2.45, 2.75) is 6.92 Å². The first kappa shape index (κ1) is 16.5. The highest BCUT2D eigenvalue weighted by Gasteiger charge is 2.11. The summed E-state index contributed by atoms with van der Waals surface area (Å²) < 4.78 is 3.17. The average Bonchev–Trinajstić information content (AvgIpc) is 2.87. The molecule has 3 rings (SSSR count). The van der Waals surface area contributed by atoms with Gasteiger partial charge in [-0.05, 0) is 25.1 Å². The van der Waals surface area contributed by atoms with Gasteiger partial charge < -0.3 is 4.57 Å². The molecule has 3 nitrogen and oxygen atoms in total. The predicted octanol–water partition coefficient (Wildman–Crippen LogP) is 5.52. The highest BCUT2D eigenvalue weighted by atomic mass is 35.5. The van der Waals surface area contributed by atoms with E-state index >= 15 is 0 Å². The summed E-state index contributed by atoms with van der Waals surface area (Å²) in [4.78, 5) is 0.807. The summed E-state index contributed by atoms with van der Waals surface area (Å²) in [6.45, 7) is 1.84. The van der Waals surface area contributed by atoms with Gasteiger partial charge in [0.05, 0.1) is 31.0 Å². The van der Waals surface area contributed by atoms with Crippen molar-refractivity contribution in [2.24, 2.45) is 17.3 Å². The van der Waals surface area contributed by atoms with Gasteiger partial charge in [0.1, 0.15) is 0 Å². The van der Waals surface area contributed by atoms with Crippen molar-refractivity contribution in [3.8, 4) is 0 Å². The van der Waals surface area contributed by atoms with Gasteiger partial charge in [0.2, 0.25) is 4.80 Å². The molecule has 0 spiro atoms. The van der Waals surface area contributed by atoms with E-state index in [1.54, 1.807) is 23.5 Å². The summed E-state index contributed by atoms with van der Waals surface area (Å²) in [7, 11) is 1.97. The fraction of sp³-hybridized carbons (Fsp3) is 0.125. The van der Waals surface area contributed by atoms with Gasteiger partial charge in [0, 0.05) is 12.6 Å². The molecule has 0 radical (unpaired) electrons. The molecule has 0 saturated heterocycles. The number of aryl methyl sites for hydroxylation is 1. The molecule has 0 amide bonds. The highest BCUT2D eigenvalue weighted by molar-refractivity contribution is 7.16. The number of para-hydroxylation sites is 1. The van der Waals surface area contributed by atoms with E-state index in [4.69, 9.17) is 34.8 Å². The molecule has 118 valence electrons. The fourth-order valence-corrected chi connectivity index (χ4v) is 3.80. The smallest absolute Gasteiger partial charge is 0.211 e. The van der Waals surface area contributed by atoms with Gasteiger partial charge in [-0.3, -0.25) is 0 Å². The van der Waals surface area contributed by atoms with Crippen LogP contribution in [-0.4, -0.2) is 10.3 Å². The number of hydrogen-bond acceptors (Lipinski definition) is 3. The zero-order valence-corrected chi connectivity index (χ0v) is 15.4. The van der Waals surface area contributed by atoms with Gasteiger partial charge in [-0.25, -0.2) is 0 Å². The Bertz CT molecular complexity index is 986. The molecule has 1 heterocycles. The topological polar surface area (TPSA) is 29.6 Å². The Hall–Kier alpha value is -1.33. The Morgan fingerprint density at radius 3 is 2.52 bits per heavy atom. The minimum atomic E-state index is 0.327. The zero-order valence-electron chi connectivity index (χ0n) is 12.3. The van der Waals surface area contributed by atoms with Crippen LogP contribution >= 0.6 is 46.1 Å². The first-order valence-electron chi connectivity index (χ1n) is 6.75. The molecule has 7 heteroatoms. The number of halogens is 3. The minimum Gasteiger partial charge on any atom is -0.318 e. The largest absolute Gasteiger partial charge is 0.318 e. The van der Waals surface area contributed by atoms with Gasteiger partial charge in [-0.1, -0.05) is 64.3 Å². The number of fused-ring (bicyclic) bond motifs is 1. The quantitative estimate of drug-likeness (QED) is 0.316. The molecule has 23 heavy (non-hydrogen) atoms. The monoisotopic (exact) mass is 383 g/mol. The SMILES string of the molecule is C/C(=N\N=c1/sc2ccccc2n1C)c1ccc(Cl)c(Cl)c1Cl. The maximum Gasteiger partial charge on any atom is 0.211 e. The fourth-order valence-electron chi connectivity index (χ4n) is 2.15. The van der Waals surface area contributed by atoms with Gasteiger partial charge in [0.15, 0.2) is 0 Å². The molecule has 0 atom stereocenters. The summed E-state index contributed by atoms with van der Waals surface area (Å²) in [5, 5.41) is 9.77. The van der Waals surface area contributed by atoms with Gasteiger partial charge in [-0.15, -0.1) is 5.10 Å². The Morgan fingerprint density at radius 1 is 1.04 bits per heavy atom. The second-order valence-electron chi connectivity index (χ2n) is 4.92. The molecule has 0 saturated carbocycles. The van der Waals surface area contributed by atoms with Crippen LogP contribution in [0.2, 0.25) is 15.1 Å². The zero-order chi connectivity index (χ0) is 16.6. The van der Waals surface area contributed by atoms with E-state index in [2.05, 4.69) is 22.3 Å². The number of benzene rings is 2. The van der Waals surface area contributed by atoms with E-state index < -0.39 is 0 Å². The number of nitrogens with zero attached hydrogens (tertiary/aromatic N) is 3. The van der Waals surface area contributed by atoms with Crippen molar-refractivity contribution < 1.29 is 0 Å². The predicted molar refractivity (Wildman–Crippen MR) is 100 cm³/mol. The van der Waals surface area contributed by atoms with Crippen LogP contribution < -0.4 is 4.80 Å². The third-order valence-corrected chi connectivity index (χ3v) is 5.82. The first-order chi connectivity index (χ1) is 11.0. The summed E-state index contributed by atoms with van der Waals surface area (Å²) >= 11 is 19.8. The van der Waals surface area contributed by atoms with Gasteiger partial charge in [-0.2, -0.15) is 5.10 Å². The lowest BCUT2D eigenvalue weighted by Crippen LogP contribution is -2.09. The van der Waals surface area contributed by atoms with Crippen LogP contribution in [0.5, 0.6) is 0 Å². The van der Waals surface area contributed by atoms with E-state index in [1.807, 2.05) is 30.7 Å². The second kappa shape index (κ2) is 6.65. The third kappa shape index (κ3) is 3.17. The van der Waals surface area contributed by atoms with Crippen molar-refractivity contribution in [2.75, 3.05) is 0 Å². The van der Waals surface area contributed by atoms with Crippen molar-refractivity contribution >= 4 is 62.1 Å². The Balaban J connectivity index is 2.07. The van der Waals surface area contributed by atoms with E-state index in [9.17, 15) is 0 Å². The molecule has 0 N–H and O–H groups in total. The highest BCUT2D eigenvalue weighted by Crippen LogP contribution is 2.32. The molecule has 0 bridgehead atoms. The van der Waals surface area contributed by atoms with E-state index in [0.717, 1.165) is 15.0 Å². The number of rotatable bonds is 2. The van der Waals surface area contributed by atoms with Crippen LogP contribution in [0.15, 0.2) is 46.6 Å². The van der Waals surface area contributed by atoms with E-state index in [-0.39, 0.29) is 0 Å². The Kier molecular flexibility index (Phi) is 4.78. The first-order valence-corrected chi connectivity index (χ1v) is 8.71. The third-order valence-electron chi connectivity index (χ3n) is 3.43. The maximum atomic E-state index is 6.23. The van der Waals surface area contributed by atoms with Crippen LogP contribution in [0.4, 0.5) is 0 Å². The van der Waals surface area contributed by atoms with Gasteiger partial charge in [0.25, 0.3) is 0 Å². The van der Waals surface area contributed by atoms with Crippen LogP contribution in [0.25, 0.3) is 10.2 Å². The number of thiazole rings is 1. The van der Waals surface area contributed by atoms with E-state index in [1.165, 1.54) is 0 Å². The minimum absolute atomic E-state index is 0.327. The summed E-state index contributed by atoms with van der Waals surface area (Å²) in [6.07, 6.45) is 0. The van der Waals surface area contributed by atoms with Crippen molar-refractivity contribution in [3.05, 3.63) is 61.8 Å². The van der Waals surface area contributed by atoms with Gasteiger partial charge >= 0.3 is 0 Å². The number of aromatic nitrogens is 1. The second-order valence-corrected chi connectivity index (χ2v) is 7.09. The van der Waals surface area contributed by atoms with Crippen molar-refractivity contribution in [3.63, 3.8) is 0 Å². The number of hydrogen-bond donors (Lipinski definition) is 0. The molecule has 0 aliphatic rings. The molecule has 3 aromatic rings. The van der Waals surface area contributed by atoms with Crippen LogP contribution in [0, 0.1) is 0 Å². The molecule has 0 aliphatic heterocycles.